The molecule has 0 unspecified atom stereocenters. The van der Waals surface area contributed by atoms with Crippen LogP contribution in [0.4, 0.5) is 5.88 Å². The van der Waals surface area contributed by atoms with Gasteiger partial charge in [0, 0.05) is 51.7 Å². The molecule has 2 saturated heterocycles. The van der Waals surface area contributed by atoms with Crippen LogP contribution in [0, 0.1) is 23.2 Å². The Morgan fingerprint density at radius 3 is 2.48 bits per heavy atom. The van der Waals surface area contributed by atoms with Crippen LogP contribution in [0.1, 0.15) is 50.6 Å². The van der Waals surface area contributed by atoms with Crippen LogP contribution in [-0.2, 0) is 4.79 Å². The second-order valence-corrected chi connectivity index (χ2v) is 9.65. The molecule has 8 heteroatoms. The summed E-state index contributed by atoms with van der Waals surface area (Å²) in [5.41, 5.74) is 0.264. The van der Waals surface area contributed by atoms with Crippen LogP contribution in [0.15, 0.2) is 27.2 Å². The SMILES string of the molecule is N#Cc1nc(-c2ccco2)oc1N1CCC(C(=O)N2CCN(CC3CCCCC3)CC2)CC1. The van der Waals surface area contributed by atoms with Gasteiger partial charge in [0.25, 0.3) is 5.89 Å². The average Bonchev–Trinajstić information content (AvgIpc) is 3.55. The molecule has 1 saturated carbocycles. The fourth-order valence-electron chi connectivity index (χ4n) is 5.58. The lowest BCUT2D eigenvalue weighted by atomic mass is 9.89. The van der Waals surface area contributed by atoms with Crippen molar-refractivity contribution in [1.82, 2.24) is 14.8 Å². The molecule has 0 spiro atoms. The fourth-order valence-corrected chi connectivity index (χ4v) is 5.58. The molecule has 2 aromatic rings. The van der Waals surface area contributed by atoms with Gasteiger partial charge in [-0.1, -0.05) is 19.3 Å². The topological polar surface area (TPSA) is 89.8 Å². The van der Waals surface area contributed by atoms with E-state index in [0.29, 0.717) is 36.5 Å². The van der Waals surface area contributed by atoms with E-state index < -0.39 is 0 Å². The first-order valence-electron chi connectivity index (χ1n) is 12.4. The molecule has 176 valence electrons. The first-order chi connectivity index (χ1) is 16.2. The van der Waals surface area contributed by atoms with E-state index in [-0.39, 0.29) is 11.6 Å². The Morgan fingerprint density at radius 2 is 1.82 bits per heavy atom. The summed E-state index contributed by atoms with van der Waals surface area (Å²) in [7, 11) is 0. The number of carbonyl (C=O) groups excluding carboxylic acids is 1. The number of hydrogen-bond acceptors (Lipinski definition) is 7. The quantitative estimate of drug-likeness (QED) is 0.684. The summed E-state index contributed by atoms with van der Waals surface area (Å²) in [4.78, 5) is 24.1. The standard InChI is InChI=1S/C25H33N5O3/c26-17-21-25(33-23(27-21)22-7-4-16-32-22)30-10-8-20(9-11-30)24(31)29-14-12-28(13-15-29)18-19-5-2-1-3-6-19/h4,7,16,19-20H,1-3,5-6,8-15,18H2. The van der Waals surface area contributed by atoms with E-state index in [4.69, 9.17) is 8.83 Å². The highest BCUT2D eigenvalue weighted by atomic mass is 16.4. The number of carbonyl (C=O) groups is 1. The zero-order valence-electron chi connectivity index (χ0n) is 19.2. The Labute approximate surface area is 195 Å². The fraction of sp³-hybridized carbons (Fsp3) is 0.640. The van der Waals surface area contributed by atoms with Gasteiger partial charge < -0.3 is 18.6 Å². The highest BCUT2D eigenvalue weighted by molar-refractivity contribution is 5.79. The van der Waals surface area contributed by atoms with Crippen molar-refractivity contribution >= 4 is 11.8 Å². The van der Waals surface area contributed by atoms with Crippen molar-refractivity contribution in [3.63, 3.8) is 0 Å². The highest BCUT2D eigenvalue weighted by Crippen LogP contribution is 2.32. The number of anilines is 1. The molecule has 33 heavy (non-hydrogen) atoms. The van der Waals surface area contributed by atoms with Gasteiger partial charge in [0.2, 0.25) is 17.5 Å². The summed E-state index contributed by atoms with van der Waals surface area (Å²) in [5.74, 6) is 2.49. The maximum Gasteiger partial charge on any atom is 0.266 e. The predicted octanol–water partition coefficient (Wildman–Crippen LogP) is 3.75. The molecule has 0 N–H and O–H groups in total. The number of amides is 1. The van der Waals surface area contributed by atoms with Crippen molar-refractivity contribution in [2.45, 2.75) is 44.9 Å². The van der Waals surface area contributed by atoms with Crippen molar-refractivity contribution in [1.29, 1.82) is 5.26 Å². The van der Waals surface area contributed by atoms with Crippen molar-refractivity contribution in [2.24, 2.45) is 11.8 Å². The number of nitriles is 1. The number of rotatable bonds is 5. The van der Waals surface area contributed by atoms with Crippen molar-refractivity contribution in [3.05, 3.63) is 24.1 Å². The normalized spacial score (nSPS) is 21.3. The van der Waals surface area contributed by atoms with Gasteiger partial charge in [-0.05, 0) is 43.7 Å². The molecule has 8 nitrogen and oxygen atoms in total. The van der Waals surface area contributed by atoms with Gasteiger partial charge in [-0.2, -0.15) is 10.2 Å². The third-order valence-electron chi connectivity index (χ3n) is 7.50. The molecule has 1 amide bonds. The Bertz CT molecular complexity index is 957. The van der Waals surface area contributed by atoms with Crippen molar-refractivity contribution in [3.8, 4) is 17.7 Å². The van der Waals surface area contributed by atoms with Crippen LogP contribution in [-0.4, -0.2) is 66.5 Å². The summed E-state index contributed by atoms with van der Waals surface area (Å²) >= 11 is 0. The first-order valence-corrected chi connectivity index (χ1v) is 12.4. The van der Waals surface area contributed by atoms with Crippen LogP contribution in [0.2, 0.25) is 0 Å². The molecule has 0 radical (unpaired) electrons. The number of oxazole rings is 1. The summed E-state index contributed by atoms with van der Waals surface area (Å²) < 4.78 is 11.2. The summed E-state index contributed by atoms with van der Waals surface area (Å²) in [5, 5.41) is 9.50. The van der Waals surface area contributed by atoms with Crippen LogP contribution in [0.25, 0.3) is 11.7 Å². The van der Waals surface area contributed by atoms with Gasteiger partial charge in [0.1, 0.15) is 6.07 Å². The lowest BCUT2D eigenvalue weighted by Gasteiger charge is -2.39. The van der Waals surface area contributed by atoms with Gasteiger partial charge in [-0.25, -0.2) is 0 Å². The molecule has 0 atom stereocenters. The van der Waals surface area contributed by atoms with Crippen molar-refractivity contribution in [2.75, 3.05) is 50.7 Å². The van der Waals surface area contributed by atoms with E-state index in [1.165, 1.54) is 38.6 Å². The summed E-state index contributed by atoms with van der Waals surface area (Å²) in [6.07, 6.45) is 10.0. The Morgan fingerprint density at radius 1 is 1.06 bits per heavy atom. The number of aromatic nitrogens is 1. The molecule has 1 aliphatic carbocycles. The first kappa shape index (κ1) is 22.0. The third kappa shape index (κ3) is 4.93. The summed E-state index contributed by atoms with van der Waals surface area (Å²) in [6, 6.07) is 5.65. The van der Waals surface area contributed by atoms with E-state index in [2.05, 4.69) is 20.9 Å². The van der Waals surface area contributed by atoms with E-state index in [1.54, 1.807) is 18.4 Å². The highest BCUT2D eigenvalue weighted by Gasteiger charge is 2.33. The van der Waals surface area contributed by atoms with Gasteiger partial charge in [-0.3, -0.25) is 9.69 Å². The minimum absolute atomic E-state index is 0.0455. The van der Waals surface area contributed by atoms with Crippen LogP contribution >= 0.6 is 0 Å². The second kappa shape index (κ2) is 10.0. The van der Waals surface area contributed by atoms with Gasteiger partial charge >= 0.3 is 0 Å². The molecule has 0 bridgehead atoms. The van der Waals surface area contributed by atoms with Crippen molar-refractivity contribution < 1.29 is 13.6 Å². The maximum absolute atomic E-state index is 13.2. The molecule has 2 aliphatic heterocycles. The Balaban J connectivity index is 1.12. The summed E-state index contributed by atoms with van der Waals surface area (Å²) in [6.45, 7) is 6.26. The van der Waals surface area contributed by atoms with E-state index >= 15 is 0 Å². The number of furan rings is 1. The zero-order chi connectivity index (χ0) is 22.6. The molecule has 5 rings (SSSR count). The Hall–Kier alpha value is -2.79. The maximum atomic E-state index is 13.2. The average molecular weight is 452 g/mol. The largest absolute Gasteiger partial charge is 0.459 e. The minimum atomic E-state index is 0.0455. The van der Waals surface area contributed by atoms with Crippen LogP contribution < -0.4 is 4.90 Å². The molecule has 3 fully saturated rings. The Kier molecular flexibility index (Phi) is 6.68. The number of hydrogen-bond donors (Lipinski definition) is 0. The molecular weight excluding hydrogens is 418 g/mol. The van der Waals surface area contributed by atoms with Crippen LogP contribution in [0.3, 0.4) is 0 Å². The molecular formula is C25H33N5O3. The monoisotopic (exact) mass is 451 g/mol. The molecule has 2 aromatic heterocycles. The number of piperidine rings is 1. The zero-order valence-corrected chi connectivity index (χ0v) is 19.2. The lowest BCUT2D eigenvalue weighted by molar-refractivity contribution is -0.138. The predicted molar refractivity (Wildman–Crippen MR) is 123 cm³/mol. The molecule has 4 heterocycles. The van der Waals surface area contributed by atoms with Gasteiger partial charge in [-0.15, -0.1) is 0 Å². The minimum Gasteiger partial charge on any atom is -0.459 e. The number of nitrogens with zero attached hydrogens (tertiary/aromatic N) is 5. The molecule has 0 aromatic carbocycles. The smallest absolute Gasteiger partial charge is 0.266 e. The van der Waals surface area contributed by atoms with E-state index in [9.17, 15) is 10.1 Å². The lowest BCUT2D eigenvalue weighted by Crippen LogP contribution is -2.52. The number of piperazine rings is 1. The van der Waals surface area contributed by atoms with Crippen LogP contribution in [0.5, 0.6) is 0 Å². The molecule has 3 aliphatic rings. The van der Waals surface area contributed by atoms with Gasteiger partial charge in [0.15, 0.2) is 5.76 Å². The van der Waals surface area contributed by atoms with E-state index in [0.717, 1.165) is 44.9 Å². The second-order valence-electron chi connectivity index (χ2n) is 9.65. The van der Waals surface area contributed by atoms with E-state index in [1.807, 2.05) is 4.90 Å². The van der Waals surface area contributed by atoms with Gasteiger partial charge in [0.05, 0.1) is 6.26 Å². The third-order valence-corrected chi connectivity index (χ3v) is 7.50.